The zero-order valence-corrected chi connectivity index (χ0v) is 19.6. The lowest BCUT2D eigenvalue weighted by Crippen LogP contribution is -2.50. The first kappa shape index (κ1) is 25.2. The zero-order valence-electron chi connectivity index (χ0n) is 17.2. The lowest BCUT2D eigenvalue weighted by molar-refractivity contribution is -0.137. The summed E-state index contributed by atoms with van der Waals surface area (Å²) in [5, 5.41) is 16.0. The van der Waals surface area contributed by atoms with Gasteiger partial charge in [0.25, 0.3) is 0 Å². The number of halogens is 4. The summed E-state index contributed by atoms with van der Waals surface area (Å²) in [4.78, 5) is 4.26. The summed E-state index contributed by atoms with van der Waals surface area (Å²) in [5.74, 6) is 0.618. The van der Waals surface area contributed by atoms with E-state index in [1.807, 2.05) is 0 Å². The Balaban J connectivity index is 0.00000320. The molecule has 5 nitrogen and oxygen atoms in total. The molecule has 2 aliphatic rings. The number of aliphatic hydroxyl groups excluding tert-OH is 1. The first-order valence-corrected chi connectivity index (χ1v) is 10.1. The Labute approximate surface area is 192 Å². The van der Waals surface area contributed by atoms with Gasteiger partial charge in [-0.1, -0.05) is 24.6 Å². The summed E-state index contributed by atoms with van der Waals surface area (Å²) >= 11 is 0. The second-order valence-electron chi connectivity index (χ2n) is 8.27. The topological polar surface area (TPSA) is 65.9 Å². The van der Waals surface area contributed by atoms with Crippen LogP contribution in [0.25, 0.3) is 0 Å². The number of alkyl halides is 3. The van der Waals surface area contributed by atoms with Crippen LogP contribution in [-0.2, 0) is 16.3 Å². The van der Waals surface area contributed by atoms with Gasteiger partial charge in [0.15, 0.2) is 5.96 Å². The number of aliphatic hydroxyl groups is 1. The van der Waals surface area contributed by atoms with E-state index in [1.165, 1.54) is 12.1 Å². The number of ether oxygens (including phenoxy) is 1. The maximum atomic E-state index is 13.1. The van der Waals surface area contributed by atoms with Crippen molar-refractivity contribution in [2.75, 3.05) is 40.0 Å². The van der Waals surface area contributed by atoms with Crippen molar-refractivity contribution >= 4 is 29.9 Å². The van der Waals surface area contributed by atoms with E-state index in [4.69, 9.17) is 4.74 Å². The molecule has 9 heteroatoms. The van der Waals surface area contributed by atoms with Gasteiger partial charge in [0.2, 0.25) is 0 Å². The Morgan fingerprint density at radius 3 is 2.47 bits per heavy atom. The Kier molecular flexibility index (Phi) is 8.81. The van der Waals surface area contributed by atoms with Crippen molar-refractivity contribution in [1.29, 1.82) is 0 Å². The van der Waals surface area contributed by atoms with Crippen LogP contribution in [-0.4, -0.2) is 51.0 Å². The highest BCUT2D eigenvalue weighted by Gasteiger charge is 2.41. The van der Waals surface area contributed by atoms with Crippen molar-refractivity contribution in [3.8, 4) is 0 Å². The minimum Gasteiger partial charge on any atom is -0.396 e. The van der Waals surface area contributed by atoms with Crippen LogP contribution < -0.4 is 10.6 Å². The van der Waals surface area contributed by atoms with E-state index in [-0.39, 0.29) is 41.4 Å². The highest BCUT2D eigenvalue weighted by molar-refractivity contribution is 14.0. The van der Waals surface area contributed by atoms with Crippen molar-refractivity contribution < 1.29 is 23.0 Å². The van der Waals surface area contributed by atoms with Gasteiger partial charge in [-0.15, -0.1) is 24.0 Å². The fourth-order valence-corrected chi connectivity index (χ4v) is 4.25. The van der Waals surface area contributed by atoms with Gasteiger partial charge in [-0.25, -0.2) is 0 Å². The van der Waals surface area contributed by atoms with Crippen LogP contribution in [0.5, 0.6) is 0 Å². The predicted octanol–water partition coefficient (Wildman–Crippen LogP) is 3.70. The van der Waals surface area contributed by atoms with E-state index in [0.717, 1.165) is 37.3 Å². The summed E-state index contributed by atoms with van der Waals surface area (Å²) in [7, 11) is 1.68. The lowest BCUT2D eigenvalue weighted by Gasteiger charge is -2.43. The molecule has 1 saturated carbocycles. The van der Waals surface area contributed by atoms with E-state index in [1.54, 1.807) is 13.1 Å². The van der Waals surface area contributed by atoms with Crippen LogP contribution in [0, 0.1) is 5.41 Å². The molecule has 0 radical (unpaired) electrons. The molecule has 3 rings (SSSR count). The van der Waals surface area contributed by atoms with E-state index < -0.39 is 11.7 Å². The first-order chi connectivity index (χ1) is 13.8. The minimum absolute atomic E-state index is 0. The van der Waals surface area contributed by atoms with E-state index in [9.17, 15) is 18.3 Å². The molecule has 0 aromatic heterocycles. The number of guanidine groups is 1. The fraction of sp³-hybridized carbons (Fsp3) is 0.667. The molecule has 170 valence electrons. The SMILES string of the molecule is CN=C(NCC1(CCO)CCOC1)NCC1(c2cccc(C(F)(F)F)c2)CCC1.I. The van der Waals surface area contributed by atoms with Gasteiger partial charge >= 0.3 is 6.18 Å². The average molecular weight is 541 g/mol. The van der Waals surface area contributed by atoms with Crippen LogP contribution in [0.2, 0.25) is 0 Å². The number of aliphatic imine (C=N–C) groups is 1. The highest BCUT2D eigenvalue weighted by atomic mass is 127. The standard InChI is InChI=1S/C21H30F3N3O2.HI/c1-25-18(26-13-19(8-10-28)9-11-29-15-19)27-14-20(6-3-7-20)16-4-2-5-17(12-16)21(22,23)24;/h2,4-5,12,28H,3,6-11,13-15H2,1H3,(H2,25,26,27);1H. The van der Waals surface area contributed by atoms with Gasteiger partial charge < -0.3 is 20.5 Å². The van der Waals surface area contributed by atoms with Crippen molar-refractivity contribution in [1.82, 2.24) is 10.6 Å². The lowest BCUT2D eigenvalue weighted by atomic mass is 9.64. The summed E-state index contributed by atoms with van der Waals surface area (Å²) in [5.41, 5.74) is -0.293. The molecule has 1 atom stereocenters. The molecule has 0 amide bonds. The predicted molar refractivity (Wildman–Crippen MR) is 121 cm³/mol. The van der Waals surface area contributed by atoms with Crippen molar-refractivity contribution in [3.05, 3.63) is 35.4 Å². The molecule has 1 aliphatic heterocycles. The smallest absolute Gasteiger partial charge is 0.396 e. The van der Waals surface area contributed by atoms with E-state index in [2.05, 4.69) is 15.6 Å². The molecule has 1 heterocycles. The molecule has 2 fully saturated rings. The second kappa shape index (κ2) is 10.5. The Bertz CT molecular complexity index is 718. The Morgan fingerprint density at radius 1 is 1.20 bits per heavy atom. The molecule has 0 bridgehead atoms. The van der Waals surface area contributed by atoms with E-state index in [0.29, 0.717) is 38.7 Å². The van der Waals surface area contributed by atoms with Crippen molar-refractivity contribution in [2.24, 2.45) is 10.4 Å². The molecule has 30 heavy (non-hydrogen) atoms. The van der Waals surface area contributed by atoms with Crippen LogP contribution in [0.4, 0.5) is 13.2 Å². The maximum absolute atomic E-state index is 13.1. The number of benzene rings is 1. The molecular weight excluding hydrogens is 510 g/mol. The second-order valence-corrected chi connectivity index (χ2v) is 8.27. The molecule has 1 aromatic carbocycles. The molecular formula is C21H31F3IN3O2. The average Bonchev–Trinajstić information content (AvgIpc) is 3.12. The molecule has 0 spiro atoms. The zero-order chi connectivity index (χ0) is 21.0. The molecule has 1 saturated heterocycles. The van der Waals surface area contributed by atoms with Gasteiger partial charge in [-0.3, -0.25) is 4.99 Å². The Morgan fingerprint density at radius 2 is 1.93 bits per heavy atom. The fourth-order valence-electron chi connectivity index (χ4n) is 4.25. The van der Waals surface area contributed by atoms with Gasteiger partial charge in [-0.2, -0.15) is 13.2 Å². The molecule has 1 aromatic rings. The number of hydrogen-bond donors (Lipinski definition) is 3. The largest absolute Gasteiger partial charge is 0.416 e. The van der Waals surface area contributed by atoms with Gasteiger partial charge in [-0.05, 0) is 37.3 Å². The van der Waals surface area contributed by atoms with Crippen LogP contribution in [0.3, 0.4) is 0 Å². The third kappa shape index (κ3) is 5.79. The number of rotatable bonds is 7. The number of nitrogens with one attached hydrogen (secondary N) is 2. The van der Waals surface area contributed by atoms with Gasteiger partial charge in [0.05, 0.1) is 12.2 Å². The summed E-state index contributed by atoms with van der Waals surface area (Å²) in [6.07, 6.45) is -0.102. The molecule has 1 unspecified atom stereocenters. The summed E-state index contributed by atoms with van der Waals surface area (Å²) in [6, 6.07) is 5.68. The maximum Gasteiger partial charge on any atom is 0.416 e. The van der Waals surface area contributed by atoms with E-state index >= 15 is 0 Å². The van der Waals surface area contributed by atoms with Crippen molar-refractivity contribution in [3.63, 3.8) is 0 Å². The molecule has 1 aliphatic carbocycles. The quantitative estimate of drug-likeness (QED) is 0.280. The van der Waals surface area contributed by atoms with Crippen LogP contribution in [0.15, 0.2) is 29.3 Å². The number of nitrogens with zero attached hydrogens (tertiary/aromatic N) is 1. The van der Waals surface area contributed by atoms with Gasteiger partial charge in [0, 0.05) is 44.2 Å². The third-order valence-electron chi connectivity index (χ3n) is 6.39. The van der Waals surface area contributed by atoms with Crippen LogP contribution in [0.1, 0.15) is 43.2 Å². The Hall–Kier alpha value is -1.07. The first-order valence-electron chi connectivity index (χ1n) is 10.1. The highest BCUT2D eigenvalue weighted by Crippen LogP contribution is 2.44. The van der Waals surface area contributed by atoms with Crippen molar-refractivity contribution in [2.45, 2.75) is 43.7 Å². The number of hydrogen-bond acceptors (Lipinski definition) is 3. The monoisotopic (exact) mass is 541 g/mol. The van der Waals surface area contributed by atoms with Crippen LogP contribution >= 0.6 is 24.0 Å². The third-order valence-corrected chi connectivity index (χ3v) is 6.39. The van der Waals surface area contributed by atoms with Gasteiger partial charge in [0.1, 0.15) is 0 Å². The minimum atomic E-state index is -4.34. The summed E-state index contributed by atoms with van der Waals surface area (Å²) in [6.45, 7) is 2.55. The normalized spacial score (nSPS) is 23.4. The molecule has 3 N–H and O–H groups in total. The summed E-state index contributed by atoms with van der Waals surface area (Å²) < 4.78 is 44.9.